The molecule has 0 radical (unpaired) electrons. The standard InChI is InChI=1S/C48H56ClN7O5/c1-32(2)55-22-15-40-42(55)28-36(29-43(40)56-23-16-44(57)52-47(56)60)46(59)54-26-19-48(20-27-54)17-24-53(25-18-48)21-3-4-33-5-7-34(8-6-33)45(58)51-37-10-13-38(14-11-37)61-39-12-9-35(31-50)41(49)30-39/h5-9,12,15,22,28-30,32,37-38H,3-4,10-11,13-14,16-21,23-27H2,1-2H3,(H,51,58)(H,52,57,60)/t37-,38-. The minimum atomic E-state index is -0.451. The number of rotatable bonds is 11. The molecule has 0 atom stereocenters. The minimum absolute atomic E-state index is 0.00768. The number of aryl methyl sites for hydroxylation is 1. The number of likely N-dealkylation sites (tertiary alicyclic amines) is 2. The molecular weight excluding hydrogens is 790 g/mol. The summed E-state index contributed by atoms with van der Waals surface area (Å²) in [7, 11) is 0. The van der Waals surface area contributed by atoms with E-state index in [0.29, 0.717) is 33.1 Å². The van der Waals surface area contributed by atoms with Crippen LogP contribution in [0.2, 0.25) is 5.02 Å². The van der Waals surface area contributed by atoms with E-state index < -0.39 is 6.03 Å². The maximum absolute atomic E-state index is 14.1. The van der Waals surface area contributed by atoms with Gasteiger partial charge in [0.05, 0.1) is 27.9 Å². The summed E-state index contributed by atoms with van der Waals surface area (Å²) in [5, 5.41) is 16.0. The molecule has 0 unspecified atom stereocenters. The number of nitriles is 1. The fraction of sp³-hybridized carbons (Fsp3) is 0.479. The van der Waals surface area contributed by atoms with Crippen molar-refractivity contribution in [2.24, 2.45) is 5.41 Å². The molecule has 13 heteroatoms. The van der Waals surface area contributed by atoms with E-state index in [0.717, 1.165) is 108 Å². The summed E-state index contributed by atoms with van der Waals surface area (Å²) in [6.45, 7) is 9.09. The first-order chi connectivity index (χ1) is 29.5. The quantitative estimate of drug-likeness (QED) is 0.155. The van der Waals surface area contributed by atoms with Crippen LogP contribution in [0.3, 0.4) is 0 Å². The molecule has 1 spiro atoms. The van der Waals surface area contributed by atoms with E-state index in [1.54, 1.807) is 23.1 Å². The number of imide groups is 1. The summed E-state index contributed by atoms with van der Waals surface area (Å²) in [4.78, 5) is 58.1. The second-order valence-electron chi connectivity index (χ2n) is 17.8. The van der Waals surface area contributed by atoms with E-state index in [1.165, 1.54) is 5.56 Å². The first-order valence-corrected chi connectivity index (χ1v) is 22.4. The zero-order chi connectivity index (χ0) is 42.7. The summed E-state index contributed by atoms with van der Waals surface area (Å²) in [5.41, 5.74) is 4.76. The Bertz CT molecular complexity index is 2310. The maximum Gasteiger partial charge on any atom is 0.328 e. The first-order valence-electron chi connectivity index (χ1n) is 22.0. The molecule has 3 aromatic carbocycles. The van der Waals surface area contributed by atoms with E-state index in [4.69, 9.17) is 21.6 Å². The summed E-state index contributed by atoms with van der Waals surface area (Å²) < 4.78 is 8.23. The monoisotopic (exact) mass is 845 g/mol. The van der Waals surface area contributed by atoms with Crippen molar-refractivity contribution in [3.63, 3.8) is 0 Å². The van der Waals surface area contributed by atoms with E-state index in [1.807, 2.05) is 41.4 Å². The highest BCUT2D eigenvalue weighted by atomic mass is 35.5. The number of aromatic nitrogens is 1. The zero-order valence-electron chi connectivity index (χ0n) is 35.3. The molecule has 0 bridgehead atoms. The summed E-state index contributed by atoms with van der Waals surface area (Å²) in [6, 6.07) is 20.9. The third kappa shape index (κ3) is 9.58. The van der Waals surface area contributed by atoms with Crippen molar-refractivity contribution in [3.8, 4) is 11.8 Å². The van der Waals surface area contributed by atoms with Crippen molar-refractivity contribution in [1.82, 2.24) is 25.0 Å². The van der Waals surface area contributed by atoms with Crippen LogP contribution in [0, 0.1) is 16.7 Å². The number of hydrogen-bond acceptors (Lipinski definition) is 7. The number of fused-ring (bicyclic) bond motifs is 1. The lowest BCUT2D eigenvalue weighted by Gasteiger charge is -2.47. The molecule has 61 heavy (non-hydrogen) atoms. The maximum atomic E-state index is 14.1. The van der Waals surface area contributed by atoms with Gasteiger partial charge in [-0.05, 0) is 151 Å². The van der Waals surface area contributed by atoms with E-state index >= 15 is 0 Å². The van der Waals surface area contributed by atoms with Crippen molar-refractivity contribution >= 4 is 51.9 Å². The van der Waals surface area contributed by atoms with Crippen LogP contribution >= 0.6 is 11.6 Å². The molecule has 3 aliphatic heterocycles. The highest BCUT2D eigenvalue weighted by molar-refractivity contribution is 6.31. The minimum Gasteiger partial charge on any atom is -0.490 e. The predicted octanol–water partition coefficient (Wildman–Crippen LogP) is 8.26. The molecule has 1 saturated carbocycles. The topological polar surface area (TPSA) is 140 Å². The Morgan fingerprint density at radius 1 is 0.918 bits per heavy atom. The van der Waals surface area contributed by atoms with Gasteiger partial charge in [-0.1, -0.05) is 23.7 Å². The number of hydrogen-bond donors (Lipinski definition) is 2. The largest absolute Gasteiger partial charge is 0.490 e. The van der Waals surface area contributed by atoms with Gasteiger partial charge in [0, 0.05) is 66.9 Å². The fourth-order valence-electron chi connectivity index (χ4n) is 9.73. The molecule has 2 N–H and O–H groups in total. The number of halogens is 1. The van der Waals surface area contributed by atoms with Crippen LogP contribution in [0.25, 0.3) is 10.9 Å². The van der Waals surface area contributed by atoms with E-state index in [2.05, 4.69) is 52.2 Å². The number of piperidine rings is 2. The Kier molecular flexibility index (Phi) is 12.7. The van der Waals surface area contributed by atoms with Gasteiger partial charge in [0.25, 0.3) is 11.8 Å². The average molecular weight is 846 g/mol. The Morgan fingerprint density at radius 3 is 2.31 bits per heavy atom. The highest BCUT2D eigenvalue weighted by Gasteiger charge is 2.39. The highest BCUT2D eigenvalue weighted by Crippen LogP contribution is 2.42. The van der Waals surface area contributed by atoms with Gasteiger partial charge in [0.2, 0.25) is 5.91 Å². The Balaban J connectivity index is 0.764. The van der Waals surface area contributed by atoms with Crippen molar-refractivity contribution in [2.45, 2.75) is 103 Å². The smallest absolute Gasteiger partial charge is 0.328 e. The SMILES string of the molecule is CC(C)n1ccc2c(N3CCC(=O)NC3=O)cc(C(=O)N3CCC4(CCN(CCCc5ccc(C(=O)N[C@H]6CC[C@H](Oc7ccc(C#N)c(Cl)c7)CC6)cc5)CC4)CC3)cc21. The van der Waals surface area contributed by atoms with Crippen LogP contribution in [0.4, 0.5) is 10.5 Å². The van der Waals surface area contributed by atoms with Crippen molar-refractivity contribution < 1.29 is 23.9 Å². The van der Waals surface area contributed by atoms with Gasteiger partial charge in [-0.2, -0.15) is 5.26 Å². The van der Waals surface area contributed by atoms with Crippen molar-refractivity contribution in [2.75, 3.05) is 44.2 Å². The Hall–Kier alpha value is -5.38. The molecule has 3 saturated heterocycles. The first kappa shape index (κ1) is 42.3. The number of urea groups is 1. The third-order valence-electron chi connectivity index (χ3n) is 13.5. The van der Waals surface area contributed by atoms with E-state index in [9.17, 15) is 19.2 Å². The molecule has 1 aliphatic carbocycles. The number of nitrogens with one attached hydrogen (secondary N) is 2. The molecule has 4 aromatic rings. The molecule has 12 nitrogen and oxygen atoms in total. The van der Waals surface area contributed by atoms with Gasteiger partial charge in [-0.25, -0.2) is 4.79 Å². The summed E-state index contributed by atoms with van der Waals surface area (Å²) in [5.74, 6) is 0.336. The third-order valence-corrected chi connectivity index (χ3v) is 13.8. The Labute approximate surface area is 363 Å². The number of carbonyl (C=O) groups is 4. The predicted molar refractivity (Wildman–Crippen MR) is 236 cm³/mol. The van der Waals surface area contributed by atoms with Crippen LogP contribution in [0.5, 0.6) is 5.75 Å². The molecule has 4 aliphatic rings. The van der Waals surface area contributed by atoms with Gasteiger partial charge in [-0.15, -0.1) is 0 Å². The molecule has 5 amide bonds. The van der Waals surface area contributed by atoms with Crippen LogP contribution in [0.1, 0.15) is 116 Å². The lowest BCUT2D eigenvalue weighted by Crippen LogP contribution is -2.50. The van der Waals surface area contributed by atoms with Crippen LogP contribution in [-0.4, -0.2) is 89.5 Å². The summed E-state index contributed by atoms with van der Waals surface area (Å²) in [6.07, 6.45) is 11.9. The average Bonchev–Trinajstić information content (AvgIpc) is 3.70. The number of benzene rings is 3. The van der Waals surface area contributed by atoms with E-state index in [-0.39, 0.29) is 54.3 Å². The second kappa shape index (κ2) is 18.3. The zero-order valence-corrected chi connectivity index (χ0v) is 36.0. The molecule has 8 rings (SSSR count). The molecular formula is C48H56ClN7O5. The number of carbonyl (C=O) groups excluding carboxylic acids is 4. The van der Waals surface area contributed by atoms with Gasteiger partial charge in [-0.3, -0.25) is 24.6 Å². The molecule has 1 aromatic heterocycles. The van der Waals surface area contributed by atoms with Gasteiger partial charge < -0.3 is 24.4 Å². The normalized spacial score (nSPS) is 20.8. The van der Waals surface area contributed by atoms with Gasteiger partial charge in [0.1, 0.15) is 11.8 Å². The summed E-state index contributed by atoms with van der Waals surface area (Å²) >= 11 is 6.16. The molecule has 320 valence electrons. The van der Waals surface area contributed by atoms with Gasteiger partial charge >= 0.3 is 6.03 Å². The Morgan fingerprint density at radius 2 is 1.64 bits per heavy atom. The number of amides is 5. The van der Waals surface area contributed by atoms with Crippen LogP contribution in [0.15, 0.2) is 66.9 Å². The number of anilines is 1. The number of ether oxygens (including phenoxy) is 1. The van der Waals surface area contributed by atoms with Crippen LogP contribution in [-0.2, 0) is 11.2 Å². The fourth-order valence-corrected chi connectivity index (χ4v) is 9.94. The van der Waals surface area contributed by atoms with Crippen LogP contribution < -0.4 is 20.3 Å². The van der Waals surface area contributed by atoms with Crippen molar-refractivity contribution in [3.05, 3.63) is 94.1 Å². The molecule has 4 heterocycles. The van der Waals surface area contributed by atoms with Gasteiger partial charge in [0.15, 0.2) is 0 Å². The number of nitrogens with zero attached hydrogens (tertiary/aromatic N) is 5. The lowest BCUT2D eigenvalue weighted by molar-refractivity contribution is -0.120. The lowest BCUT2D eigenvalue weighted by atomic mass is 9.71. The molecule has 4 fully saturated rings. The van der Waals surface area contributed by atoms with Crippen molar-refractivity contribution in [1.29, 1.82) is 5.26 Å². The second-order valence-corrected chi connectivity index (χ2v) is 18.2.